The highest BCUT2D eigenvalue weighted by molar-refractivity contribution is 5.83. The van der Waals surface area contributed by atoms with Crippen LogP contribution in [0.3, 0.4) is 0 Å². The summed E-state index contributed by atoms with van der Waals surface area (Å²) >= 11 is 0. The van der Waals surface area contributed by atoms with Crippen molar-refractivity contribution in [3.8, 4) is 0 Å². The average molecular weight is 194 g/mol. The highest BCUT2D eigenvalue weighted by Crippen LogP contribution is 2.29. The highest BCUT2D eigenvalue weighted by Gasteiger charge is 2.21. The van der Waals surface area contributed by atoms with Gasteiger partial charge in [0.2, 0.25) is 0 Å². The first-order chi connectivity index (χ1) is 6.52. The van der Waals surface area contributed by atoms with E-state index in [2.05, 4.69) is 6.58 Å². The number of carbonyl (C=O) groups excluding carboxylic acids is 1. The van der Waals surface area contributed by atoms with Crippen LogP contribution in [0.2, 0.25) is 0 Å². The fourth-order valence-corrected chi connectivity index (χ4v) is 1.81. The number of aliphatic hydroxyl groups excluding tert-OH is 1. The average Bonchev–Trinajstić information content (AvgIpc) is 2.16. The number of hydrogen-bond acceptors (Lipinski definition) is 2. The van der Waals surface area contributed by atoms with Crippen molar-refractivity contribution in [2.24, 2.45) is 5.92 Å². The Morgan fingerprint density at radius 2 is 2.29 bits per heavy atom. The molecule has 0 amide bonds. The zero-order valence-electron chi connectivity index (χ0n) is 8.92. The second kappa shape index (κ2) is 4.56. The molecule has 0 unspecified atom stereocenters. The molecule has 0 aromatic rings. The van der Waals surface area contributed by atoms with Gasteiger partial charge in [-0.3, -0.25) is 4.79 Å². The van der Waals surface area contributed by atoms with Crippen molar-refractivity contribution in [2.75, 3.05) is 0 Å². The predicted molar refractivity (Wildman–Crippen MR) is 56.9 cm³/mol. The summed E-state index contributed by atoms with van der Waals surface area (Å²) in [6.45, 7) is 7.38. The van der Waals surface area contributed by atoms with E-state index in [1.54, 1.807) is 0 Å². The van der Waals surface area contributed by atoms with Gasteiger partial charge in [0.05, 0.1) is 0 Å². The molecule has 0 aliphatic heterocycles. The van der Waals surface area contributed by atoms with E-state index in [-0.39, 0.29) is 5.78 Å². The summed E-state index contributed by atoms with van der Waals surface area (Å²) in [6, 6.07) is 0. The van der Waals surface area contributed by atoms with E-state index in [4.69, 9.17) is 0 Å². The minimum absolute atomic E-state index is 0.162. The predicted octanol–water partition coefficient (Wildman–Crippen LogP) is 2.24. The molecule has 0 heterocycles. The van der Waals surface area contributed by atoms with Crippen LogP contribution in [-0.4, -0.2) is 17.0 Å². The van der Waals surface area contributed by atoms with Gasteiger partial charge < -0.3 is 5.11 Å². The summed E-state index contributed by atoms with van der Waals surface area (Å²) in [5, 5.41) is 9.54. The molecule has 0 aromatic carbocycles. The van der Waals surface area contributed by atoms with Crippen molar-refractivity contribution >= 4 is 5.78 Å². The molecule has 1 rings (SSSR count). The Labute approximate surface area is 85.3 Å². The zero-order valence-corrected chi connectivity index (χ0v) is 8.92. The largest absolute Gasteiger partial charge is 0.381 e. The maximum Gasteiger partial charge on any atom is 0.162 e. The summed E-state index contributed by atoms with van der Waals surface area (Å²) in [7, 11) is 0. The molecule has 78 valence electrons. The third kappa shape index (κ3) is 2.55. The van der Waals surface area contributed by atoms with Gasteiger partial charge in [-0.2, -0.15) is 0 Å². The van der Waals surface area contributed by atoms with Gasteiger partial charge in [0.15, 0.2) is 5.78 Å². The van der Waals surface area contributed by atoms with Crippen LogP contribution in [-0.2, 0) is 4.79 Å². The van der Waals surface area contributed by atoms with E-state index < -0.39 is 6.10 Å². The van der Waals surface area contributed by atoms with Crippen LogP contribution >= 0.6 is 0 Å². The van der Waals surface area contributed by atoms with E-state index in [0.29, 0.717) is 5.92 Å². The Hall–Kier alpha value is -0.890. The molecule has 0 fully saturated rings. The number of carbonyl (C=O) groups is 1. The van der Waals surface area contributed by atoms with E-state index in [0.717, 1.165) is 24.8 Å². The van der Waals surface area contributed by atoms with E-state index in [1.807, 2.05) is 13.0 Å². The molecule has 0 spiro atoms. The molecule has 14 heavy (non-hydrogen) atoms. The molecule has 1 aliphatic carbocycles. The molecular formula is C12H18O2. The third-order valence-electron chi connectivity index (χ3n) is 2.88. The van der Waals surface area contributed by atoms with Crippen molar-refractivity contribution in [3.63, 3.8) is 0 Å². The van der Waals surface area contributed by atoms with Crippen molar-refractivity contribution in [1.82, 2.24) is 0 Å². The SMILES string of the molecule is C=C(C)[C@H]1CC=C([C@@H](O)C(C)=O)CC1. The molecule has 1 aliphatic rings. The lowest BCUT2D eigenvalue weighted by Crippen LogP contribution is -2.22. The van der Waals surface area contributed by atoms with Crippen molar-refractivity contribution < 1.29 is 9.90 Å². The first kappa shape index (κ1) is 11.2. The molecule has 0 bridgehead atoms. The molecule has 0 radical (unpaired) electrons. The van der Waals surface area contributed by atoms with Crippen LogP contribution in [0.1, 0.15) is 33.1 Å². The first-order valence-corrected chi connectivity index (χ1v) is 5.05. The van der Waals surface area contributed by atoms with Gasteiger partial charge in [-0.25, -0.2) is 0 Å². The van der Waals surface area contributed by atoms with Crippen LogP contribution < -0.4 is 0 Å². The van der Waals surface area contributed by atoms with Gasteiger partial charge in [0.1, 0.15) is 6.10 Å². The lowest BCUT2D eigenvalue weighted by molar-refractivity contribution is -0.123. The van der Waals surface area contributed by atoms with Crippen LogP contribution in [0, 0.1) is 5.92 Å². The van der Waals surface area contributed by atoms with Gasteiger partial charge in [-0.05, 0) is 44.6 Å². The van der Waals surface area contributed by atoms with Crippen LogP contribution in [0.25, 0.3) is 0 Å². The molecule has 0 aromatic heterocycles. The van der Waals surface area contributed by atoms with E-state index in [9.17, 15) is 9.90 Å². The maximum absolute atomic E-state index is 10.9. The Morgan fingerprint density at radius 3 is 2.64 bits per heavy atom. The zero-order chi connectivity index (χ0) is 10.7. The van der Waals surface area contributed by atoms with Gasteiger partial charge in [-0.15, -0.1) is 0 Å². The summed E-state index contributed by atoms with van der Waals surface area (Å²) in [5.74, 6) is 0.364. The monoisotopic (exact) mass is 194 g/mol. The molecule has 1 N–H and O–H groups in total. The highest BCUT2D eigenvalue weighted by atomic mass is 16.3. The van der Waals surface area contributed by atoms with Crippen LogP contribution in [0.5, 0.6) is 0 Å². The number of aliphatic hydroxyl groups is 1. The van der Waals surface area contributed by atoms with Crippen molar-refractivity contribution in [1.29, 1.82) is 0 Å². The lowest BCUT2D eigenvalue weighted by atomic mass is 9.83. The number of allylic oxidation sites excluding steroid dienone is 2. The van der Waals surface area contributed by atoms with Gasteiger partial charge in [0, 0.05) is 0 Å². The number of Topliss-reactive ketones (excluding diaryl/α,β-unsaturated/α-hetero) is 1. The lowest BCUT2D eigenvalue weighted by Gasteiger charge is -2.23. The second-order valence-electron chi connectivity index (χ2n) is 4.11. The summed E-state index contributed by atoms with van der Waals surface area (Å²) in [4.78, 5) is 10.9. The summed E-state index contributed by atoms with van der Waals surface area (Å²) < 4.78 is 0. The van der Waals surface area contributed by atoms with Gasteiger partial charge >= 0.3 is 0 Å². The third-order valence-corrected chi connectivity index (χ3v) is 2.88. The maximum atomic E-state index is 10.9. The van der Waals surface area contributed by atoms with Gasteiger partial charge in [0.25, 0.3) is 0 Å². The van der Waals surface area contributed by atoms with Gasteiger partial charge in [-0.1, -0.05) is 18.2 Å². The van der Waals surface area contributed by atoms with Crippen molar-refractivity contribution in [3.05, 3.63) is 23.8 Å². The number of ketones is 1. The first-order valence-electron chi connectivity index (χ1n) is 5.05. The fraction of sp³-hybridized carbons (Fsp3) is 0.583. The molecule has 2 atom stereocenters. The minimum Gasteiger partial charge on any atom is -0.381 e. The van der Waals surface area contributed by atoms with Crippen LogP contribution in [0.4, 0.5) is 0 Å². The smallest absolute Gasteiger partial charge is 0.162 e. The normalized spacial score (nSPS) is 23.9. The summed E-state index contributed by atoms with van der Waals surface area (Å²) in [5.41, 5.74) is 2.08. The van der Waals surface area contributed by atoms with E-state index in [1.165, 1.54) is 12.5 Å². The van der Waals surface area contributed by atoms with Crippen LogP contribution in [0.15, 0.2) is 23.8 Å². The second-order valence-corrected chi connectivity index (χ2v) is 4.11. The fourth-order valence-electron chi connectivity index (χ4n) is 1.81. The molecule has 2 nitrogen and oxygen atoms in total. The molecule has 0 saturated carbocycles. The Balaban J connectivity index is 2.61. The summed E-state index contributed by atoms with van der Waals surface area (Å²) in [6.07, 6.45) is 3.86. The van der Waals surface area contributed by atoms with Crippen molar-refractivity contribution in [2.45, 2.75) is 39.2 Å². The standard InChI is InChI=1S/C12H18O2/c1-8(2)10-4-6-11(7-5-10)12(14)9(3)13/h6,10,12,14H,1,4-5,7H2,2-3H3/t10-,12-/m0/s1. The Morgan fingerprint density at radius 1 is 1.64 bits per heavy atom. The van der Waals surface area contributed by atoms with E-state index >= 15 is 0 Å². The minimum atomic E-state index is -0.874. The quantitative estimate of drug-likeness (QED) is 0.699. The number of hydrogen-bond donors (Lipinski definition) is 1. The number of rotatable bonds is 3. The topological polar surface area (TPSA) is 37.3 Å². The molecule has 0 saturated heterocycles. The molecular weight excluding hydrogens is 176 g/mol. The molecule has 2 heteroatoms. The Kier molecular flexibility index (Phi) is 3.64. The Bertz CT molecular complexity index is 276.